The zero-order valence-electron chi connectivity index (χ0n) is 20.2. The molecule has 0 unspecified atom stereocenters. The largest absolute Gasteiger partial charge is 0.461 e. The standard InChI is InChI=1S/C28H30FN5O2/c29-23-9-5-4-8-21(23)20-10-11-24-25(16-20)33-27(34-14-12-31-13-15-34)26(32-24)22(17-30)28(35)36-18-19-6-2-1-3-7-19/h4-5,8-11,16,19,31-32H,1-3,6-7,12-15,18H2/b26-22-. The van der Waals surface area contributed by atoms with Crippen molar-refractivity contribution in [2.45, 2.75) is 32.1 Å². The maximum atomic E-state index is 14.4. The molecular weight excluding hydrogens is 457 g/mol. The van der Waals surface area contributed by atoms with Gasteiger partial charge in [0.1, 0.15) is 17.6 Å². The predicted molar refractivity (Wildman–Crippen MR) is 137 cm³/mol. The maximum Gasteiger partial charge on any atom is 0.351 e. The number of hydrogen-bond donors (Lipinski definition) is 2. The quantitative estimate of drug-likeness (QED) is 0.367. The van der Waals surface area contributed by atoms with Gasteiger partial charge in [0.05, 0.1) is 18.0 Å². The SMILES string of the molecule is N#C/C(C(=O)OCC1CCCCC1)=C1/Nc2ccc(-c3ccccc3F)cc2N=C1N1CCNCC1. The van der Waals surface area contributed by atoms with Gasteiger partial charge in [-0.05, 0) is 42.5 Å². The van der Waals surface area contributed by atoms with Gasteiger partial charge in [0, 0.05) is 31.7 Å². The second-order valence-corrected chi connectivity index (χ2v) is 9.47. The number of hydrogen-bond acceptors (Lipinski definition) is 7. The fraction of sp³-hybridized carbons (Fsp3) is 0.393. The van der Waals surface area contributed by atoms with Gasteiger partial charge in [0.15, 0.2) is 11.4 Å². The molecule has 2 aliphatic heterocycles. The highest BCUT2D eigenvalue weighted by Gasteiger charge is 2.30. The molecule has 1 saturated heterocycles. The van der Waals surface area contributed by atoms with Crippen molar-refractivity contribution in [1.82, 2.24) is 10.2 Å². The van der Waals surface area contributed by atoms with Crippen LogP contribution in [0.2, 0.25) is 0 Å². The van der Waals surface area contributed by atoms with Crippen molar-refractivity contribution in [3.05, 3.63) is 59.6 Å². The van der Waals surface area contributed by atoms with Gasteiger partial charge in [-0.1, -0.05) is 43.5 Å². The first-order valence-corrected chi connectivity index (χ1v) is 12.7. The van der Waals surface area contributed by atoms with E-state index in [-0.39, 0.29) is 11.4 Å². The Balaban J connectivity index is 1.49. The summed E-state index contributed by atoms with van der Waals surface area (Å²) < 4.78 is 20.0. The molecule has 1 aliphatic carbocycles. The third kappa shape index (κ3) is 5.12. The van der Waals surface area contributed by atoms with Crippen molar-refractivity contribution >= 4 is 23.2 Å². The summed E-state index contributed by atoms with van der Waals surface area (Å²) in [7, 11) is 0. The van der Waals surface area contributed by atoms with Crippen molar-refractivity contribution < 1.29 is 13.9 Å². The smallest absolute Gasteiger partial charge is 0.351 e. The lowest BCUT2D eigenvalue weighted by atomic mass is 9.90. The molecule has 36 heavy (non-hydrogen) atoms. The van der Waals surface area contributed by atoms with E-state index in [1.165, 1.54) is 12.5 Å². The minimum absolute atomic E-state index is 0.0769. The van der Waals surface area contributed by atoms with Crippen molar-refractivity contribution in [2.24, 2.45) is 10.9 Å². The molecule has 0 spiro atoms. The number of piperazine rings is 1. The molecule has 0 radical (unpaired) electrons. The third-order valence-corrected chi connectivity index (χ3v) is 7.05. The Kier molecular flexibility index (Phi) is 7.28. The highest BCUT2D eigenvalue weighted by molar-refractivity contribution is 6.12. The Morgan fingerprint density at radius 1 is 1.14 bits per heavy atom. The average molecular weight is 488 g/mol. The van der Waals surface area contributed by atoms with Crippen LogP contribution in [0.3, 0.4) is 0 Å². The highest BCUT2D eigenvalue weighted by Crippen LogP contribution is 2.37. The number of nitrogens with zero attached hydrogens (tertiary/aromatic N) is 3. The van der Waals surface area contributed by atoms with Gasteiger partial charge in [-0.2, -0.15) is 5.26 Å². The van der Waals surface area contributed by atoms with E-state index in [0.29, 0.717) is 59.6 Å². The number of ether oxygens (including phenoxy) is 1. The fourth-order valence-electron chi connectivity index (χ4n) is 5.06. The van der Waals surface area contributed by atoms with E-state index < -0.39 is 5.97 Å². The van der Waals surface area contributed by atoms with Crippen LogP contribution in [0, 0.1) is 23.1 Å². The van der Waals surface area contributed by atoms with Gasteiger partial charge in [-0.3, -0.25) is 0 Å². The van der Waals surface area contributed by atoms with Crippen LogP contribution in [0.25, 0.3) is 11.1 Å². The molecule has 2 aromatic carbocycles. The van der Waals surface area contributed by atoms with Crippen molar-refractivity contribution in [1.29, 1.82) is 5.26 Å². The Hall–Kier alpha value is -3.70. The predicted octanol–water partition coefficient (Wildman–Crippen LogP) is 4.75. The second kappa shape index (κ2) is 10.9. The third-order valence-electron chi connectivity index (χ3n) is 7.05. The molecular formula is C28H30FN5O2. The number of anilines is 1. The molecule has 3 aliphatic rings. The Labute approximate surface area is 210 Å². The molecule has 0 atom stereocenters. The van der Waals surface area contributed by atoms with Crippen LogP contribution in [0.15, 0.2) is 58.7 Å². The first-order chi connectivity index (χ1) is 17.6. The summed E-state index contributed by atoms with van der Waals surface area (Å²) in [5.41, 5.74) is 2.75. The van der Waals surface area contributed by atoms with Crippen LogP contribution in [0.1, 0.15) is 32.1 Å². The Bertz CT molecular complexity index is 1240. The van der Waals surface area contributed by atoms with Crippen LogP contribution in [0.4, 0.5) is 15.8 Å². The van der Waals surface area contributed by atoms with E-state index >= 15 is 0 Å². The Morgan fingerprint density at radius 3 is 2.67 bits per heavy atom. The molecule has 0 bridgehead atoms. The summed E-state index contributed by atoms with van der Waals surface area (Å²) in [6.07, 6.45) is 5.64. The first kappa shape index (κ1) is 24.0. The summed E-state index contributed by atoms with van der Waals surface area (Å²) in [4.78, 5) is 20.0. The molecule has 5 rings (SSSR count). The zero-order valence-corrected chi connectivity index (χ0v) is 20.2. The number of halogens is 1. The number of carbonyl (C=O) groups excluding carboxylic acids is 1. The number of fused-ring (bicyclic) bond motifs is 1. The molecule has 8 heteroatoms. The molecule has 2 heterocycles. The number of amidine groups is 1. The minimum Gasteiger partial charge on any atom is -0.461 e. The number of esters is 1. The minimum atomic E-state index is -0.625. The van der Waals surface area contributed by atoms with E-state index in [0.717, 1.165) is 38.8 Å². The van der Waals surface area contributed by atoms with E-state index in [9.17, 15) is 14.4 Å². The molecule has 2 N–H and O–H groups in total. The molecule has 0 amide bonds. The van der Waals surface area contributed by atoms with Gasteiger partial charge in [-0.25, -0.2) is 14.2 Å². The number of aliphatic imine (C=N–C) groups is 1. The molecule has 186 valence electrons. The van der Waals surface area contributed by atoms with Crippen LogP contribution < -0.4 is 10.6 Å². The summed E-state index contributed by atoms with van der Waals surface area (Å²) >= 11 is 0. The van der Waals surface area contributed by atoms with Crippen molar-refractivity contribution in [3.8, 4) is 17.2 Å². The molecule has 2 aromatic rings. The highest BCUT2D eigenvalue weighted by atomic mass is 19.1. The van der Waals surface area contributed by atoms with Crippen LogP contribution in [-0.2, 0) is 9.53 Å². The lowest BCUT2D eigenvalue weighted by Crippen LogP contribution is -2.48. The summed E-state index contributed by atoms with van der Waals surface area (Å²) in [5, 5.41) is 16.6. The van der Waals surface area contributed by atoms with E-state index in [1.54, 1.807) is 30.3 Å². The van der Waals surface area contributed by atoms with Crippen LogP contribution in [0.5, 0.6) is 0 Å². The summed E-state index contributed by atoms with van der Waals surface area (Å²) in [6.45, 7) is 3.23. The molecule has 7 nitrogen and oxygen atoms in total. The van der Waals surface area contributed by atoms with E-state index in [1.807, 2.05) is 6.07 Å². The summed E-state index contributed by atoms with van der Waals surface area (Å²) in [5.74, 6) is -0.0490. The molecule has 2 fully saturated rings. The number of carbonyl (C=O) groups is 1. The topological polar surface area (TPSA) is 89.8 Å². The second-order valence-electron chi connectivity index (χ2n) is 9.47. The lowest BCUT2D eigenvalue weighted by Gasteiger charge is -2.34. The van der Waals surface area contributed by atoms with Gasteiger partial charge in [0.25, 0.3) is 0 Å². The van der Waals surface area contributed by atoms with Gasteiger partial charge in [0.2, 0.25) is 0 Å². The maximum absolute atomic E-state index is 14.4. The summed E-state index contributed by atoms with van der Waals surface area (Å²) in [6, 6.07) is 14.1. The normalized spacial score (nSPS) is 19.4. The Morgan fingerprint density at radius 2 is 1.92 bits per heavy atom. The van der Waals surface area contributed by atoms with Gasteiger partial charge in [-0.15, -0.1) is 0 Å². The fourth-order valence-corrected chi connectivity index (χ4v) is 5.06. The van der Waals surface area contributed by atoms with E-state index in [4.69, 9.17) is 9.73 Å². The van der Waals surface area contributed by atoms with Crippen molar-refractivity contribution in [3.63, 3.8) is 0 Å². The van der Waals surface area contributed by atoms with Gasteiger partial charge < -0.3 is 20.3 Å². The first-order valence-electron chi connectivity index (χ1n) is 12.7. The molecule has 1 saturated carbocycles. The number of benzene rings is 2. The number of nitrogens with one attached hydrogen (secondary N) is 2. The van der Waals surface area contributed by atoms with Crippen LogP contribution >= 0.6 is 0 Å². The zero-order chi connectivity index (χ0) is 24.9. The lowest BCUT2D eigenvalue weighted by molar-refractivity contribution is -0.140. The van der Waals surface area contributed by atoms with Crippen LogP contribution in [-0.4, -0.2) is 49.5 Å². The number of nitriles is 1. The number of rotatable bonds is 4. The molecule has 0 aromatic heterocycles. The van der Waals surface area contributed by atoms with Gasteiger partial charge >= 0.3 is 5.97 Å². The monoisotopic (exact) mass is 487 g/mol. The van der Waals surface area contributed by atoms with E-state index in [2.05, 4.69) is 21.6 Å². The average Bonchev–Trinajstić information content (AvgIpc) is 2.93. The van der Waals surface area contributed by atoms with Crippen molar-refractivity contribution in [2.75, 3.05) is 38.1 Å².